The maximum absolute atomic E-state index is 5.88. The van der Waals surface area contributed by atoms with E-state index in [0.29, 0.717) is 24.3 Å². The van der Waals surface area contributed by atoms with Crippen LogP contribution in [-0.4, -0.2) is 50.4 Å². The average molecular weight is 290 g/mol. The Morgan fingerprint density at radius 3 is 2.57 bits per heavy atom. The highest BCUT2D eigenvalue weighted by atomic mass is 16.5. The van der Waals surface area contributed by atoms with Crippen LogP contribution in [-0.2, 0) is 11.2 Å². The molecule has 0 radical (unpaired) electrons. The molecule has 116 valence electrons. The van der Waals surface area contributed by atoms with Gasteiger partial charge in [0, 0.05) is 25.2 Å². The molecule has 4 nitrogen and oxygen atoms in total. The molecule has 0 spiro atoms. The average Bonchev–Trinajstić information content (AvgIpc) is 2.83. The number of ether oxygens (including phenoxy) is 2. The number of rotatable bonds is 3. The van der Waals surface area contributed by atoms with Crippen LogP contribution < -0.4 is 10.1 Å². The van der Waals surface area contributed by atoms with Gasteiger partial charge in [0.05, 0.1) is 19.3 Å². The molecule has 0 amide bonds. The van der Waals surface area contributed by atoms with Crippen LogP contribution in [0, 0.1) is 0 Å². The number of fused-ring (bicyclic) bond motifs is 1. The van der Waals surface area contributed by atoms with Gasteiger partial charge in [-0.25, -0.2) is 0 Å². The molecule has 4 atom stereocenters. The fraction of sp³-hybridized carbons (Fsp3) is 0.647. The first-order valence-corrected chi connectivity index (χ1v) is 7.86. The summed E-state index contributed by atoms with van der Waals surface area (Å²) in [5.74, 6) is 0.943. The molecule has 4 unspecified atom stereocenters. The summed E-state index contributed by atoms with van der Waals surface area (Å²) < 4.78 is 11.3. The standard InChI is InChI=1S/C17H26N2O2/c1-11-9-19(10-12(2)21-11)16-7-13-5-6-14(20-4)8-15(13)17(16)18-3/h5-6,8,11-12,16-18H,7,9-10H2,1-4H3. The lowest BCUT2D eigenvalue weighted by Crippen LogP contribution is -2.52. The van der Waals surface area contributed by atoms with Crippen molar-refractivity contribution >= 4 is 0 Å². The zero-order valence-corrected chi connectivity index (χ0v) is 13.4. The van der Waals surface area contributed by atoms with Crippen molar-refractivity contribution in [3.63, 3.8) is 0 Å². The third-order valence-corrected chi connectivity index (χ3v) is 4.73. The lowest BCUT2D eigenvalue weighted by molar-refractivity contribution is -0.0828. The van der Waals surface area contributed by atoms with Gasteiger partial charge in [-0.1, -0.05) is 6.07 Å². The Bertz CT molecular complexity index is 496. The van der Waals surface area contributed by atoms with E-state index < -0.39 is 0 Å². The van der Waals surface area contributed by atoms with E-state index >= 15 is 0 Å². The Labute approximate surface area is 127 Å². The number of nitrogens with zero attached hydrogens (tertiary/aromatic N) is 1. The van der Waals surface area contributed by atoms with Gasteiger partial charge in [-0.15, -0.1) is 0 Å². The quantitative estimate of drug-likeness (QED) is 0.923. The van der Waals surface area contributed by atoms with Crippen molar-refractivity contribution in [3.8, 4) is 5.75 Å². The highest BCUT2D eigenvalue weighted by molar-refractivity contribution is 5.42. The second-order valence-electron chi connectivity index (χ2n) is 6.31. The number of morpholine rings is 1. The maximum atomic E-state index is 5.88. The van der Waals surface area contributed by atoms with Crippen molar-refractivity contribution < 1.29 is 9.47 Å². The van der Waals surface area contributed by atoms with Gasteiger partial charge in [-0.3, -0.25) is 4.90 Å². The molecule has 1 saturated heterocycles. The molecule has 3 rings (SSSR count). The number of hydrogen-bond acceptors (Lipinski definition) is 4. The van der Waals surface area contributed by atoms with Crippen LogP contribution in [0.15, 0.2) is 18.2 Å². The summed E-state index contributed by atoms with van der Waals surface area (Å²) in [5, 5.41) is 3.51. The lowest BCUT2D eigenvalue weighted by atomic mass is 10.0. The fourth-order valence-electron chi connectivity index (χ4n) is 3.90. The van der Waals surface area contributed by atoms with Crippen molar-refractivity contribution in [2.45, 2.75) is 44.6 Å². The maximum Gasteiger partial charge on any atom is 0.119 e. The lowest BCUT2D eigenvalue weighted by Gasteiger charge is -2.41. The number of benzene rings is 1. The highest BCUT2D eigenvalue weighted by Crippen LogP contribution is 2.37. The molecule has 1 aliphatic heterocycles. The van der Waals surface area contributed by atoms with E-state index in [1.54, 1.807) is 7.11 Å². The molecular weight excluding hydrogens is 264 g/mol. The monoisotopic (exact) mass is 290 g/mol. The molecule has 21 heavy (non-hydrogen) atoms. The Hall–Kier alpha value is -1.10. The minimum absolute atomic E-state index is 0.310. The predicted octanol–water partition coefficient (Wildman–Crippen LogP) is 1.99. The summed E-state index contributed by atoms with van der Waals surface area (Å²) in [6.07, 6.45) is 1.72. The molecule has 1 aliphatic carbocycles. The van der Waals surface area contributed by atoms with Gasteiger partial charge in [0.15, 0.2) is 0 Å². The van der Waals surface area contributed by atoms with Crippen LogP contribution in [0.5, 0.6) is 5.75 Å². The van der Waals surface area contributed by atoms with Crippen molar-refractivity contribution in [3.05, 3.63) is 29.3 Å². The van der Waals surface area contributed by atoms with E-state index in [0.717, 1.165) is 25.3 Å². The van der Waals surface area contributed by atoms with E-state index in [-0.39, 0.29) is 0 Å². The van der Waals surface area contributed by atoms with Gasteiger partial charge < -0.3 is 14.8 Å². The normalized spacial score (nSPS) is 33.0. The largest absolute Gasteiger partial charge is 0.497 e. The van der Waals surface area contributed by atoms with E-state index in [1.807, 2.05) is 0 Å². The second-order valence-corrected chi connectivity index (χ2v) is 6.31. The summed E-state index contributed by atoms with van der Waals surface area (Å²) in [5.41, 5.74) is 2.82. The topological polar surface area (TPSA) is 33.7 Å². The summed E-state index contributed by atoms with van der Waals surface area (Å²) >= 11 is 0. The number of methoxy groups -OCH3 is 1. The summed E-state index contributed by atoms with van der Waals surface area (Å²) in [6, 6.07) is 7.34. The Morgan fingerprint density at radius 2 is 1.95 bits per heavy atom. The van der Waals surface area contributed by atoms with Crippen LogP contribution in [0.2, 0.25) is 0 Å². The fourth-order valence-corrected chi connectivity index (χ4v) is 3.90. The van der Waals surface area contributed by atoms with Gasteiger partial charge in [-0.2, -0.15) is 0 Å². The van der Waals surface area contributed by atoms with E-state index in [1.165, 1.54) is 11.1 Å². The van der Waals surface area contributed by atoms with Crippen LogP contribution in [0.4, 0.5) is 0 Å². The van der Waals surface area contributed by atoms with Crippen molar-refractivity contribution in [2.24, 2.45) is 0 Å². The van der Waals surface area contributed by atoms with Gasteiger partial charge in [0.2, 0.25) is 0 Å². The Morgan fingerprint density at radius 1 is 1.24 bits per heavy atom. The van der Waals surface area contributed by atoms with Crippen molar-refractivity contribution in [1.82, 2.24) is 10.2 Å². The molecule has 1 aromatic carbocycles. The molecule has 0 bridgehead atoms. The minimum atomic E-state index is 0.310. The summed E-state index contributed by atoms with van der Waals surface area (Å²) in [4.78, 5) is 2.59. The van der Waals surface area contributed by atoms with Crippen LogP contribution in [0.3, 0.4) is 0 Å². The van der Waals surface area contributed by atoms with E-state index in [9.17, 15) is 0 Å². The highest BCUT2D eigenvalue weighted by Gasteiger charge is 2.38. The van der Waals surface area contributed by atoms with Gasteiger partial charge in [-0.05, 0) is 50.6 Å². The Balaban J connectivity index is 1.84. The molecule has 2 aliphatic rings. The third-order valence-electron chi connectivity index (χ3n) is 4.73. The van der Waals surface area contributed by atoms with E-state index in [2.05, 4.69) is 49.3 Å². The smallest absolute Gasteiger partial charge is 0.119 e. The number of hydrogen-bond donors (Lipinski definition) is 1. The zero-order chi connectivity index (χ0) is 15.0. The third kappa shape index (κ3) is 2.80. The zero-order valence-electron chi connectivity index (χ0n) is 13.4. The van der Waals surface area contributed by atoms with Crippen LogP contribution >= 0.6 is 0 Å². The summed E-state index contributed by atoms with van der Waals surface area (Å²) in [7, 11) is 3.79. The van der Waals surface area contributed by atoms with Crippen molar-refractivity contribution in [2.75, 3.05) is 27.2 Å². The Kier molecular flexibility index (Phi) is 4.20. The molecule has 1 aromatic rings. The SMILES string of the molecule is CNC1c2cc(OC)ccc2CC1N1CC(C)OC(C)C1. The molecule has 0 saturated carbocycles. The molecular formula is C17H26N2O2. The first-order chi connectivity index (χ1) is 10.1. The van der Waals surface area contributed by atoms with Crippen LogP contribution in [0.1, 0.15) is 31.0 Å². The molecule has 1 N–H and O–H groups in total. The number of nitrogens with one attached hydrogen (secondary N) is 1. The first-order valence-electron chi connectivity index (χ1n) is 7.86. The summed E-state index contributed by atoms with van der Waals surface area (Å²) in [6.45, 7) is 6.36. The van der Waals surface area contributed by atoms with Gasteiger partial charge >= 0.3 is 0 Å². The predicted molar refractivity (Wildman–Crippen MR) is 83.9 cm³/mol. The second kappa shape index (κ2) is 5.95. The first kappa shape index (κ1) is 14.8. The number of likely N-dealkylation sites (N-methyl/N-ethyl adjacent to an activating group) is 1. The van der Waals surface area contributed by atoms with Crippen LogP contribution in [0.25, 0.3) is 0 Å². The van der Waals surface area contributed by atoms with Crippen molar-refractivity contribution in [1.29, 1.82) is 0 Å². The minimum Gasteiger partial charge on any atom is -0.497 e. The van der Waals surface area contributed by atoms with Gasteiger partial charge in [0.25, 0.3) is 0 Å². The molecule has 0 aromatic heterocycles. The molecule has 1 heterocycles. The molecule has 4 heteroatoms. The molecule has 1 fully saturated rings. The van der Waals surface area contributed by atoms with Gasteiger partial charge in [0.1, 0.15) is 5.75 Å². The van der Waals surface area contributed by atoms with E-state index in [4.69, 9.17) is 9.47 Å².